The minimum atomic E-state index is -3.87. The van der Waals surface area contributed by atoms with Crippen molar-refractivity contribution in [2.45, 2.75) is 13.8 Å². The molecule has 0 saturated carbocycles. The average molecular weight is 430 g/mol. The van der Waals surface area contributed by atoms with Crippen molar-refractivity contribution in [1.82, 2.24) is 4.31 Å². The lowest BCUT2D eigenvalue weighted by molar-refractivity contribution is -0.114. The molecule has 0 aliphatic rings. The first-order valence-corrected chi connectivity index (χ1v) is 10.2. The highest BCUT2D eigenvalue weighted by atomic mass is 35.5. The molecule has 0 unspecified atom stereocenters. The van der Waals surface area contributed by atoms with E-state index in [9.17, 15) is 13.2 Å². The summed E-state index contributed by atoms with van der Waals surface area (Å²) in [5.41, 5.74) is 2.51. The molecule has 2 rings (SSSR count). The monoisotopic (exact) mass is 429 g/mol. The Balaban J connectivity index is 2.35. The van der Waals surface area contributed by atoms with Gasteiger partial charge in [-0.25, -0.2) is 4.31 Å². The van der Waals surface area contributed by atoms with Crippen LogP contribution in [0.2, 0.25) is 10.0 Å². The molecule has 9 heteroatoms. The molecule has 0 atom stereocenters. The fourth-order valence-corrected chi connectivity index (χ4v) is 3.80. The number of amides is 1. The maximum atomic E-state index is 12.8. The molecule has 0 bridgehead atoms. The summed E-state index contributed by atoms with van der Waals surface area (Å²) in [6, 6.07) is 10.1. The Kier molecular flexibility index (Phi) is 6.75. The molecule has 2 aromatic rings. The lowest BCUT2D eigenvalue weighted by Gasteiger charge is -2.28. The summed E-state index contributed by atoms with van der Waals surface area (Å²) in [5, 5.41) is 3.30. The maximum Gasteiger partial charge on any atom is 0.304 e. The van der Waals surface area contributed by atoms with Crippen LogP contribution in [-0.4, -0.2) is 39.3 Å². The van der Waals surface area contributed by atoms with E-state index < -0.39 is 16.1 Å². The van der Waals surface area contributed by atoms with Gasteiger partial charge in [0, 0.05) is 19.8 Å². The second-order valence-corrected chi connectivity index (χ2v) is 9.14. The lowest BCUT2D eigenvalue weighted by Crippen LogP contribution is -2.44. The zero-order chi connectivity index (χ0) is 20.4. The van der Waals surface area contributed by atoms with Crippen LogP contribution in [0.15, 0.2) is 36.4 Å². The summed E-state index contributed by atoms with van der Waals surface area (Å²) in [6.45, 7) is 3.27. The molecule has 0 heterocycles. The molecule has 2 aromatic carbocycles. The predicted molar refractivity (Wildman–Crippen MR) is 111 cm³/mol. The molecule has 0 spiro atoms. The largest absolute Gasteiger partial charge is 0.324 e. The number of nitrogens with zero attached hydrogens (tertiary/aromatic N) is 2. The van der Waals surface area contributed by atoms with E-state index in [1.54, 1.807) is 25.1 Å². The van der Waals surface area contributed by atoms with Crippen molar-refractivity contribution in [3.8, 4) is 0 Å². The standard InChI is InChI=1S/C18H21Cl2N3O3S/c1-12-5-6-13(2)17(9-12)23(27(25,26)22(3)4)11-18(24)21-14-7-8-15(19)16(20)10-14/h5-10H,11H2,1-4H3,(H,21,24). The van der Waals surface area contributed by atoms with E-state index >= 15 is 0 Å². The number of anilines is 2. The van der Waals surface area contributed by atoms with Gasteiger partial charge >= 0.3 is 10.2 Å². The SMILES string of the molecule is Cc1ccc(C)c(N(CC(=O)Nc2ccc(Cl)c(Cl)c2)S(=O)(=O)N(C)C)c1. The van der Waals surface area contributed by atoms with Crippen LogP contribution in [-0.2, 0) is 15.0 Å². The van der Waals surface area contributed by atoms with Crippen molar-refractivity contribution in [2.75, 3.05) is 30.3 Å². The molecule has 6 nitrogen and oxygen atoms in total. The molecule has 146 valence electrons. The van der Waals surface area contributed by atoms with Crippen molar-refractivity contribution in [3.05, 3.63) is 57.6 Å². The van der Waals surface area contributed by atoms with Crippen LogP contribution in [0.5, 0.6) is 0 Å². The van der Waals surface area contributed by atoms with Crippen molar-refractivity contribution in [2.24, 2.45) is 0 Å². The van der Waals surface area contributed by atoms with Crippen molar-refractivity contribution < 1.29 is 13.2 Å². The first-order chi connectivity index (χ1) is 12.5. The fraction of sp³-hybridized carbons (Fsp3) is 0.278. The number of hydrogen-bond donors (Lipinski definition) is 1. The number of halogens is 2. The third kappa shape index (κ3) is 5.13. The number of rotatable bonds is 6. The number of hydrogen-bond acceptors (Lipinski definition) is 3. The molecule has 0 saturated heterocycles. The smallest absolute Gasteiger partial charge is 0.304 e. The lowest BCUT2D eigenvalue weighted by atomic mass is 10.1. The van der Waals surface area contributed by atoms with Crippen LogP contribution in [0.1, 0.15) is 11.1 Å². The number of nitrogens with one attached hydrogen (secondary N) is 1. The molecule has 1 amide bonds. The first kappa shape index (κ1) is 21.5. The number of carbonyl (C=O) groups excluding carboxylic acids is 1. The van der Waals surface area contributed by atoms with Crippen LogP contribution in [0.3, 0.4) is 0 Å². The number of benzene rings is 2. The maximum absolute atomic E-state index is 12.8. The Morgan fingerprint density at radius 2 is 1.70 bits per heavy atom. The summed E-state index contributed by atoms with van der Waals surface area (Å²) in [4.78, 5) is 12.5. The third-order valence-corrected chi connectivity index (χ3v) is 6.41. The molecular weight excluding hydrogens is 409 g/mol. The van der Waals surface area contributed by atoms with E-state index in [1.807, 2.05) is 19.1 Å². The topological polar surface area (TPSA) is 69.7 Å². The van der Waals surface area contributed by atoms with Crippen LogP contribution < -0.4 is 9.62 Å². The van der Waals surface area contributed by atoms with Gasteiger partial charge in [0.25, 0.3) is 0 Å². The summed E-state index contributed by atoms with van der Waals surface area (Å²) < 4.78 is 27.8. The Morgan fingerprint density at radius 3 is 2.30 bits per heavy atom. The van der Waals surface area contributed by atoms with Crippen LogP contribution >= 0.6 is 23.2 Å². The Hall–Kier alpha value is -1.80. The van der Waals surface area contributed by atoms with E-state index in [2.05, 4.69) is 5.32 Å². The van der Waals surface area contributed by atoms with Gasteiger partial charge in [-0.3, -0.25) is 4.79 Å². The van der Waals surface area contributed by atoms with Gasteiger partial charge in [0.05, 0.1) is 15.7 Å². The fourth-order valence-electron chi connectivity index (χ4n) is 2.38. The van der Waals surface area contributed by atoms with E-state index in [4.69, 9.17) is 23.2 Å². The quantitative estimate of drug-likeness (QED) is 0.757. The minimum absolute atomic E-state index is 0.293. The van der Waals surface area contributed by atoms with E-state index in [0.29, 0.717) is 21.4 Å². The zero-order valence-electron chi connectivity index (χ0n) is 15.5. The van der Waals surface area contributed by atoms with Crippen LogP contribution in [0.25, 0.3) is 0 Å². The van der Waals surface area contributed by atoms with Gasteiger partial charge in [0.1, 0.15) is 6.54 Å². The highest BCUT2D eigenvalue weighted by Gasteiger charge is 2.28. The predicted octanol–water partition coefficient (Wildman–Crippen LogP) is 3.86. The molecular formula is C18H21Cl2N3O3S. The minimum Gasteiger partial charge on any atom is -0.324 e. The van der Waals surface area contributed by atoms with E-state index in [1.165, 1.54) is 20.2 Å². The molecule has 27 heavy (non-hydrogen) atoms. The van der Waals surface area contributed by atoms with Gasteiger partial charge in [0.2, 0.25) is 5.91 Å². The van der Waals surface area contributed by atoms with Crippen LogP contribution in [0, 0.1) is 13.8 Å². The third-order valence-electron chi connectivity index (χ3n) is 3.86. The Morgan fingerprint density at radius 1 is 1.04 bits per heavy atom. The van der Waals surface area contributed by atoms with Gasteiger partial charge in [-0.15, -0.1) is 0 Å². The summed E-state index contributed by atoms with van der Waals surface area (Å²) >= 11 is 11.8. The molecule has 0 aliphatic heterocycles. The van der Waals surface area contributed by atoms with Gasteiger partial charge < -0.3 is 5.32 Å². The zero-order valence-corrected chi connectivity index (χ0v) is 17.8. The van der Waals surface area contributed by atoms with E-state index in [0.717, 1.165) is 19.7 Å². The first-order valence-electron chi connectivity index (χ1n) is 8.04. The molecule has 0 fully saturated rings. The van der Waals surface area contributed by atoms with Crippen molar-refractivity contribution >= 4 is 50.7 Å². The van der Waals surface area contributed by atoms with Crippen molar-refractivity contribution in [3.63, 3.8) is 0 Å². The molecule has 0 aromatic heterocycles. The van der Waals surface area contributed by atoms with Crippen LogP contribution in [0.4, 0.5) is 11.4 Å². The normalized spacial score (nSPS) is 11.5. The molecule has 0 radical (unpaired) electrons. The van der Waals surface area contributed by atoms with Gasteiger partial charge in [-0.1, -0.05) is 35.3 Å². The van der Waals surface area contributed by atoms with Gasteiger partial charge in [-0.05, 0) is 49.2 Å². The van der Waals surface area contributed by atoms with Gasteiger partial charge in [-0.2, -0.15) is 12.7 Å². The Labute approximate surface area is 169 Å². The summed E-state index contributed by atoms with van der Waals surface area (Å²) in [6.07, 6.45) is 0. The second kappa shape index (κ2) is 8.48. The number of carbonyl (C=O) groups is 1. The highest BCUT2D eigenvalue weighted by Crippen LogP contribution is 2.27. The highest BCUT2D eigenvalue weighted by molar-refractivity contribution is 7.90. The molecule has 0 aliphatic carbocycles. The van der Waals surface area contributed by atoms with E-state index in [-0.39, 0.29) is 6.54 Å². The number of aryl methyl sites for hydroxylation is 2. The van der Waals surface area contributed by atoms with Crippen molar-refractivity contribution in [1.29, 1.82) is 0 Å². The summed E-state index contributed by atoms with van der Waals surface area (Å²) in [5.74, 6) is -0.500. The molecule has 1 N–H and O–H groups in total. The summed E-state index contributed by atoms with van der Waals surface area (Å²) in [7, 11) is -1.03. The Bertz CT molecular complexity index is 962. The average Bonchev–Trinajstić information content (AvgIpc) is 2.58. The van der Waals surface area contributed by atoms with Gasteiger partial charge in [0.15, 0.2) is 0 Å². The second-order valence-electron chi connectivity index (χ2n) is 6.26.